The van der Waals surface area contributed by atoms with Crippen molar-refractivity contribution in [2.24, 2.45) is 11.7 Å². The Morgan fingerprint density at radius 3 is 2.03 bits per heavy atom. The number of ether oxygens (including phenoxy) is 1. The summed E-state index contributed by atoms with van der Waals surface area (Å²) >= 11 is 0. The van der Waals surface area contributed by atoms with E-state index in [1.165, 1.54) is 9.80 Å². The van der Waals surface area contributed by atoms with Gasteiger partial charge >= 0.3 is 6.09 Å². The minimum Gasteiger partial charge on any atom is -0.444 e. The van der Waals surface area contributed by atoms with Crippen molar-refractivity contribution in [3.8, 4) is 0 Å². The van der Waals surface area contributed by atoms with Gasteiger partial charge in [-0.05, 0) is 58.8 Å². The van der Waals surface area contributed by atoms with Gasteiger partial charge in [-0.2, -0.15) is 0 Å². The number of primary amides is 1. The third kappa shape index (κ3) is 4.39. The van der Waals surface area contributed by atoms with Crippen LogP contribution in [-0.2, 0) is 19.1 Å². The van der Waals surface area contributed by atoms with E-state index in [9.17, 15) is 19.2 Å². The second-order valence-corrected chi connectivity index (χ2v) is 9.67. The molecule has 0 radical (unpaired) electrons. The first-order chi connectivity index (χ1) is 14.0. The summed E-state index contributed by atoms with van der Waals surface area (Å²) < 4.78 is 5.47. The van der Waals surface area contributed by atoms with Crippen LogP contribution in [0.3, 0.4) is 0 Å². The van der Waals surface area contributed by atoms with E-state index in [1.807, 2.05) is 6.92 Å². The third-order valence-corrected chi connectivity index (χ3v) is 6.27. The predicted octanol–water partition coefficient (Wildman–Crippen LogP) is 1.10. The Balaban J connectivity index is 1.76. The van der Waals surface area contributed by atoms with Gasteiger partial charge in [-0.15, -0.1) is 0 Å². The van der Waals surface area contributed by atoms with Gasteiger partial charge in [-0.25, -0.2) is 4.79 Å². The molecule has 0 aromatic rings. The average molecular weight is 423 g/mol. The molecule has 4 amide bonds. The first-order valence-corrected chi connectivity index (χ1v) is 10.9. The zero-order valence-electron chi connectivity index (χ0n) is 18.4. The Bertz CT molecular complexity index is 719. The lowest BCUT2D eigenvalue weighted by atomic mass is 10.0. The largest absolute Gasteiger partial charge is 0.444 e. The van der Waals surface area contributed by atoms with Crippen LogP contribution in [0.1, 0.15) is 59.8 Å². The Morgan fingerprint density at radius 2 is 1.43 bits per heavy atom. The van der Waals surface area contributed by atoms with E-state index in [1.54, 1.807) is 25.7 Å². The van der Waals surface area contributed by atoms with Gasteiger partial charge in [-0.3, -0.25) is 19.3 Å². The molecule has 0 unspecified atom stereocenters. The average Bonchev–Trinajstić information content (AvgIpc) is 3.37. The summed E-state index contributed by atoms with van der Waals surface area (Å²) in [6.07, 6.45) is 2.76. The second kappa shape index (κ2) is 8.43. The quantitative estimate of drug-likeness (QED) is 0.732. The van der Waals surface area contributed by atoms with Crippen molar-refractivity contribution in [3.63, 3.8) is 0 Å². The van der Waals surface area contributed by atoms with Gasteiger partial charge in [0.05, 0.1) is 0 Å². The zero-order chi connectivity index (χ0) is 22.2. The van der Waals surface area contributed by atoms with Crippen LogP contribution >= 0.6 is 0 Å². The van der Waals surface area contributed by atoms with Crippen molar-refractivity contribution in [1.82, 2.24) is 14.7 Å². The maximum absolute atomic E-state index is 13.4. The highest BCUT2D eigenvalue weighted by Gasteiger charge is 2.48. The lowest BCUT2D eigenvalue weighted by molar-refractivity contribution is -0.149. The molecule has 0 aliphatic carbocycles. The second-order valence-electron chi connectivity index (χ2n) is 9.67. The Labute approximate surface area is 177 Å². The molecule has 9 nitrogen and oxygen atoms in total. The predicted molar refractivity (Wildman–Crippen MR) is 109 cm³/mol. The molecule has 0 saturated carbocycles. The molecule has 0 aromatic carbocycles. The highest BCUT2D eigenvalue weighted by molar-refractivity contribution is 5.94. The summed E-state index contributed by atoms with van der Waals surface area (Å²) in [5, 5.41) is 0. The number of amides is 4. The summed E-state index contributed by atoms with van der Waals surface area (Å²) in [6.45, 7) is 8.73. The van der Waals surface area contributed by atoms with Gasteiger partial charge in [-0.1, -0.05) is 6.92 Å². The summed E-state index contributed by atoms with van der Waals surface area (Å²) in [4.78, 5) is 55.8. The number of hydrogen-bond donors (Lipinski definition) is 1. The van der Waals surface area contributed by atoms with Crippen LogP contribution in [0, 0.1) is 5.92 Å². The highest BCUT2D eigenvalue weighted by atomic mass is 16.6. The first kappa shape index (κ1) is 22.4. The molecule has 3 saturated heterocycles. The summed E-state index contributed by atoms with van der Waals surface area (Å²) in [5.41, 5.74) is 4.84. The molecular formula is C21H34N4O5. The van der Waals surface area contributed by atoms with E-state index in [4.69, 9.17) is 10.5 Å². The number of likely N-dealkylation sites (tertiary alicyclic amines) is 3. The van der Waals surface area contributed by atoms with Crippen molar-refractivity contribution in [1.29, 1.82) is 0 Å². The van der Waals surface area contributed by atoms with Crippen molar-refractivity contribution in [2.45, 2.75) is 83.5 Å². The lowest BCUT2D eigenvalue weighted by Crippen LogP contribution is -2.56. The highest BCUT2D eigenvalue weighted by Crippen LogP contribution is 2.31. The van der Waals surface area contributed by atoms with Gasteiger partial charge in [0, 0.05) is 19.6 Å². The van der Waals surface area contributed by atoms with E-state index >= 15 is 0 Å². The van der Waals surface area contributed by atoms with Crippen molar-refractivity contribution >= 4 is 23.8 Å². The fourth-order valence-corrected chi connectivity index (χ4v) is 4.82. The van der Waals surface area contributed by atoms with Crippen LogP contribution < -0.4 is 5.73 Å². The maximum atomic E-state index is 13.4. The molecule has 30 heavy (non-hydrogen) atoms. The van der Waals surface area contributed by atoms with Crippen molar-refractivity contribution < 1.29 is 23.9 Å². The number of nitrogens with zero attached hydrogens (tertiary/aromatic N) is 3. The Hall–Kier alpha value is -2.32. The van der Waals surface area contributed by atoms with Gasteiger partial charge in [0.1, 0.15) is 23.7 Å². The van der Waals surface area contributed by atoms with Gasteiger partial charge in [0.15, 0.2) is 0 Å². The number of nitrogens with two attached hydrogens (primary N) is 1. The fraction of sp³-hybridized carbons (Fsp3) is 0.810. The maximum Gasteiger partial charge on any atom is 0.410 e. The van der Waals surface area contributed by atoms with E-state index in [2.05, 4.69) is 0 Å². The molecule has 168 valence electrons. The molecule has 0 spiro atoms. The number of hydrogen-bond acceptors (Lipinski definition) is 5. The van der Waals surface area contributed by atoms with Crippen LogP contribution in [-0.4, -0.2) is 81.9 Å². The Kier molecular flexibility index (Phi) is 6.29. The summed E-state index contributed by atoms with van der Waals surface area (Å²) in [7, 11) is 0. The van der Waals surface area contributed by atoms with Crippen LogP contribution in [0.5, 0.6) is 0 Å². The minimum absolute atomic E-state index is 0.0213. The molecule has 0 bridgehead atoms. The zero-order valence-corrected chi connectivity index (χ0v) is 18.4. The van der Waals surface area contributed by atoms with E-state index in [0.29, 0.717) is 45.3 Å². The molecule has 0 aromatic heterocycles. The fourth-order valence-electron chi connectivity index (χ4n) is 4.82. The van der Waals surface area contributed by atoms with E-state index < -0.39 is 35.7 Å². The van der Waals surface area contributed by atoms with Crippen molar-refractivity contribution in [3.05, 3.63) is 0 Å². The number of rotatable bonds is 3. The smallest absolute Gasteiger partial charge is 0.410 e. The molecule has 3 rings (SSSR count). The lowest BCUT2D eigenvalue weighted by Gasteiger charge is -2.35. The molecule has 3 fully saturated rings. The number of carbonyl (C=O) groups excluding carboxylic acids is 4. The van der Waals surface area contributed by atoms with Crippen LogP contribution in [0.25, 0.3) is 0 Å². The summed E-state index contributed by atoms with van der Waals surface area (Å²) in [5.74, 6) is -0.949. The Morgan fingerprint density at radius 1 is 0.833 bits per heavy atom. The molecule has 9 heteroatoms. The monoisotopic (exact) mass is 422 g/mol. The van der Waals surface area contributed by atoms with E-state index in [-0.39, 0.29) is 17.7 Å². The summed E-state index contributed by atoms with van der Waals surface area (Å²) in [6, 6.07) is -1.85. The molecule has 3 aliphatic rings. The standard InChI is InChI=1S/C21H34N4O5/c1-13-9-12-25(16(13)19(28)23-10-5-7-14(23)17(22)26)18(27)15-8-6-11-24(15)20(29)30-21(2,3)4/h13-16H,5-12H2,1-4H3,(H2,22,26)/t13-,14-,15+,16+/m1/s1. The molecular weight excluding hydrogens is 388 g/mol. The van der Waals surface area contributed by atoms with Crippen molar-refractivity contribution in [2.75, 3.05) is 19.6 Å². The number of carbonyl (C=O) groups is 4. The first-order valence-electron chi connectivity index (χ1n) is 10.9. The van der Waals surface area contributed by atoms with Crippen LogP contribution in [0.4, 0.5) is 4.79 Å². The molecule has 4 atom stereocenters. The third-order valence-electron chi connectivity index (χ3n) is 6.27. The molecule has 2 N–H and O–H groups in total. The minimum atomic E-state index is -0.645. The van der Waals surface area contributed by atoms with Crippen LogP contribution in [0.15, 0.2) is 0 Å². The molecule has 3 aliphatic heterocycles. The normalized spacial score (nSPS) is 29.4. The topological polar surface area (TPSA) is 113 Å². The van der Waals surface area contributed by atoms with Gasteiger partial charge in [0.25, 0.3) is 0 Å². The van der Waals surface area contributed by atoms with E-state index in [0.717, 1.165) is 6.42 Å². The van der Waals surface area contributed by atoms with Gasteiger partial charge in [0.2, 0.25) is 17.7 Å². The van der Waals surface area contributed by atoms with Crippen LogP contribution in [0.2, 0.25) is 0 Å². The van der Waals surface area contributed by atoms with Gasteiger partial charge < -0.3 is 20.3 Å². The SMILES string of the molecule is C[C@@H]1CCN(C(=O)[C@@H]2CCCN2C(=O)OC(C)(C)C)[C@@H]1C(=O)N1CCC[C@@H]1C(N)=O. The molecule has 3 heterocycles.